The molecule has 2 atom stereocenters. The van der Waals surface area contributed by atoms with Crippen molar-refractivity contribution < 1.29 is 8.78 Å². The van der Waals surface area contributed by atoms with E-state index in [-0.39, 0.29) is 12.0 Å². The molecule has 0 aliphatic carbocycles. The molecule has 2 nitrogen and oxygen atoms in total. The van der Waals surface area contributed by atoms with Gasteiger partial charge in [0.1, 0.15) is 0 Å². The van der Waals surface area contributed by atoms with Crippen molar-refractivity contribution in [3.05, 3.63) is 71.3 Å². The highest BCUT2D eigenvalue weighted by Gasteiger charge is 2.36. The van der Waals surface area contributed by atoms with E-state index < -0.39 is 17.0 Å². The summed E-state index contributed by atoms with van der Waals surface area (Å²) < 4.78 is 27.1. The molecular formula is C23H28F2N2. The van der Waals surface area contributed by atoms with Crippen molar-refractivity contribution in [2.75, 3.05) is 13.6 Å². The molecule has 0 fully saturated rings. The van der Waals surface area contributed by atoms with Crippen LogP contribution in [-0.2, 0) is 5.41 Å². The second-order valence-electron chi connectivity index (χ2n) is 7.54. The lowest BCUT2D eigenvalue weighted by Crippen LogP contribution is -2.33. The van der Waals surface area contributed by atoms with E-state index in [1.54, 1.807) is 0 Å². The maximum Gasteiger partial charge on any atom is 0.159 e. The van der Waals surface area contributed by atoms with Crippen LogP contribution in [0.5, 0.6) is 0 Å². The molecule has 0 heterocycles. The molecule has 0 spiro atoms. The third kappa shape index (κ3) is 4.73. The second kappa shape index (κ2) is 9.10. The van der Waals surface area contributed by atoms with Gasteiger partial charge in [-0.25, -0.2) is 8.78 Å². The molecule has 0 bridgehead atoms. The van der Waals surface area contributed by atoms with Gasteiger partial charge in [-0.2, -0.15) is 5.26 Å². The maximum absolute atomic E-state index is 13.8. The van der Waals surface area contributed by atoms with Crippen LogP contribution in [0.1, 0.15) is 50.8 Å². The van der Waals surface area contributed by atoms with Crippen molar-refractivity contribution in [3.63, 3.8) is 0 Å². The van der Waals surface area contributed by atoms with Crippen LogP contribution in [0.3, 0.4) is 0 Å². The van der Waals surface area contributed by atoms with Crippen LogP contribution in [0.2, 0.25) is 0 Å². The van der Waals surface area contributed by atoms with Crippen LogP contribution in [0.15, 0.2) is 48.5 Å². The Morgan fingerprint density at radius 3 is 2.26 bits per heavy atom. The smallest absolute Gasteiger partial charge is 0.159 e. The predicted molar refractivity (Wildman–Crippen MR) is 105 cm³/mol. The van der Waals surface area contributed by atoms with Gasteiger partial charge >= 0.3 is 0 Å². The Labute approximate surface area is 161 Å². The largest absolute Gasteiger partial charge is 0.300 e. The third-order valence-corrected chi connectivity index (χ3v) is 5.64. The molecule has 2 rings (SSSR count). The Morgan fingerprint density at radius 1 is 1.04 bits per heavy atom. The van der Waals surface area contributed by atoms with Crippen molar-refractivity contribution >= 4 is 0 Å². The molecule has 27 heavy (non-hydrogen) atoms. The van der Waals surface area contributed by atoms with Crippen molar-refractivity contribution in [3.8, 4) is 6.07 Å². The molecule has 0 saturated carbocycles. The summed E-state index contributed by atoms with van der Waals surface area (Å²) in [5.74, 6) is -1.79. The Bertz CT molecular complexity index is 783. The standard InChI is InChI=1S/C23H28F2N2/c1-17(2)23(16-26,20-11-12-21(24)22(25)15-20)13-8-14-27(4)18(3)19-9-6-5-7-10-19/h5-7,9-12,15,17-18H,8,13-14H2,1-4H3. The quantitative estimate of drug-likeness (QED) is 0.582. The number of nitrogens with zero attached hydrogens (tertiary/aromatic N) is 2. The molecule has 2 aromatic rings. The molecule has 4 heteroatoms. The van der Waals surface area contributed by atoms with Gasteiger partial charge in [-0.15, -0.1) is 0 Å². The van der Waals surface area contributed by atoms with Crippen LogP contribution < -0.4 is 0 Å². The van der Waals surface area contributed by atoms with E-state index in [9.17, 15) is 14.0 Å². The SMILES string of the molecule is CC(c1ccccc1)N(C)CCCC(C#N)(c1ccc(F)c(F)c1)C(C)C. The third-order valence-electron chi connectivity index (χ3n) is 5.64. The molecule has 0 aliphatic rings. The van der Waals surface area contributed by atoms with Gasteiger partial charge in [0.15, 0.2) is 11.6 Å². The molecule has 0 amide bonds. The van der Waals surface area contributed by atoms with Crippen LogP contribution in [-0.4, -0.2) is 18.5 Å². The zero-order valence-electron chi connectivity index (χ0n) is 16.5. The summed E-state index contributed by atoms with van der Waals surface area (Å²) in [5.41, 5.74) is 0.972. The van der Waals surface area contributed by atoms with Gasteiger partial charge < -0.3 is 0 Å². The predicted octanol–water partition coefficient (Wildman–Crippen LogP) is 5.86. The lowest BCUT2D eigenvalue weighted by atomic mass is 9.70. The zero-order valence-corrected chi connectivity index (χ0v) is 16.5. The number of rotatable bonds is 8. The van der Waals surface area contributed by atoms with Crippen molar-refractivity contribution in [1.82, 2.24) is 4.90 Å². The Hall–Kier alpha value is -2.25. The summed E-state index contributed by atoms with van der Waals surface area (Å²) in [6.45, 7) is 6.89. The summed E-state index contributed by atoms with van der Waals surface area (Å²) in [7, 11) is 2.07. The monoisotopic (exact) mass is 370 g/mol. The highest BCUT2D eigenvalue weighted by Crippen LogP contribution is 2.37. The molecule has 0 aromatic heterocycles. The molecule has 2 aromatic carbocycles. The fourth-order valence-corrected chi connectivity index (χ4v) is 3.58. The molecular weight excluding hydrogens is 342 g/mol. The van der Waals surface area contributed by atoms with E-state index >= 15 is 0 Å². The normalized spacial score (nSPS) is 14.8. The van der Waals surface area contributed by atoms with Crippen LogP contribution in [0.4, 0.5) is 8.78 Å². The summed E-state index contributed by atoms with van der Waals surface area (Å²) in [4.78, 5) is 2.25. The van der Waals surface area contributed by atoms with Crippen LogP contribution in [0, 0.1) is 28.9 Å². The maximum atomic E-state index is 13.8. The van der Waals surface area contributed by atoms with Crippen LogP contribution in [0.25, 0.3) is 0 Å². The number of benzene rings is 2. The van der Waals surface area contributed by atoms with Gasteiger partial charge in [0.05, 0.1) is 11.5 Å². The van der Waals surface area contributed by atoms with Crippen molar-refractivity contribution in [2.24, 2.45) is 5.92 Å². The van der Waals surface area contributed by atoms with Gasteiger partial charge in [0.25, 0.3) is 0 Å². The highest BCUT2D eigenvalue weighted by atomic mass is 19.2. The van der Waals surface area contributed by atoms with E-state index in [1.807, 2.05) is 32.0 Å². The van der Waals surface area contributed by atoms with E-state index in [0.717, 1.165) is 19.0 Å². The Balaban J connectivity index is 2.11. The fraction of sp³-hybridized carbons (Fsp3) is 0.435. The van der Waals surface area contributed by atoms with Gasteiger partial charge in [0.2, 0.25) is 0 Å². The average Bonchev–Trinajstić information content (AvgIpc) is 2.67. The zero-order chi connectivity index (χ0) is 20.0. The van der Waals surface area contributed by atoms with E-state index in [2.05, 4.69) is 37.1 Å². The summed E-state index contributed by atoms with van der Waals surface area (Å²) in [6, 6.07) is 16.8. The van der Waals surface area contributed by atoms with Gasteiger partial charge in [0, 0.05) is 6.04 Å². The van der Waals surface area contributed by atoms with Gasteiger partial charge in [-0.05, 0) is 62.5 Å². The average molecular weight is 370 g/mol. The minimum Gasteiger partial charge on any atom is -0.300 e. The first-order valence-electron chi connectivity index (χ1n) is 9.43. The first kappa shape index (κ1) is 21.1. The highest BCUT2D eigenvalue weighted by molar-refractivity contribution is 5.34. The number of nitriles is 1. The molecule has 0 aliphatic heterocycles. The second-order valence-corrected chi connectivity index (χ2v) is 7.54. The van der Waals surface area contributed by atoms with E-state index in [1.165, 1.54) is 17.7 Å². The Kier molecular flexibility index (Phi) is 7.10. The van der Waals surface area contributed by atoms with E-state index in [0.29, 0.717) is 12.0 Å². The molecule has 0 saturated heterocycles. The molecule has 0 radical (unpaired) electrons. The summed E-state index contributed by atoms with van der Waals surface area (Å²) >= 11 is 0. The summed E-state index contributed by atoms with van der Waals surface area (Å²) in [6.07, 6.45) is 1.39. The summed E-state index contributed by atoms with van der Waals surface area (Å²) in [5, 5.41) is 9.93. The van der Waals surface area contributed by atoms with Gasteiger partial charge in [-0.3, -0.25) is 4.90 Å². The van der Waals surface area contributed by atoms with E-state index in [4.69, 9.17) is 0 Å². The number of halogens is 2. The lowest BCUT2D eigenvalue weighted by molar-refractivity contribution is 0.241. The van der Waals surface area contributed by atoms with Crippen LogP contribution >= 0.6 is 0 Å². The minimum atomic E-state index is -0.900. The topological polar surface area (TPSA) is 27.0 Å². The molecule has 2 unspecified atom stereocenters. The lowest BCUT2D eigenvalue weighted by Gasteiger charge is -2.33. The Morgan fingerprint density at radius 2 is 1.70 bits per heavy atom. The van der Waals surface area contributed by atoms with Gasteiger partial charge in [-0.1, -0.05) is 50.2 Å². The molecule has 144 valence electrons. The fourth-order valence-electron chi connectivity index (χ4n) is 3.58. The first-order chi connectivity index (χ1) is 12.8. The minimum absolute atomic E-state index is 0.00999. The molecule has 0 N–H and O–H groups in total. The number of hydrogen-bond acceptors (Lipinski definition) is 2. The first-order valence-corrected chi connectivity index (χ1v) is 9.43. The van der Waals surface area contributed by atoms with Crippen molar-refractivity contribution in [1.29, 1.82) is 5.26 Å². The van der Waals surface area contributed by atoms with Crippen molar-refractivity contribution in [2.45, 2.75) is 45.1 Å². The number of hydrogen-bond donors (Lipinski definition) is 0.